The van der Waals surface area contributed by atoms with Crippen LogP contribution in [0.3, 0.4) is 0 Å². The smallest absolute Gasteiger partial charge is 0.305 e. The number of aromatic hydroxyl groups is 1. The number of nitrogens with two attached hydrogens (primary N) is 2. The van der Waals surface area contributed by atoms with E-state index in [9.17, 15) is 48.6 Å². The number of carboxylic acid groups (broad SMARTS) is 1. The van der Waals surface area contributed by atoms with Gasteiger partial charge in [0.2, 0.25) is 41.4 Å². The van der Waals surface area contributed by atoms with E-state index < -0.39 is 95.5 Å². The summed E-state index contributed by atoms with van der Waals surface area (Å²) >= 11 is 2.99. The van der Waals surface area contributed by atoms with E-state index in [4.69, 9.17) is 11.5 Å². The van der Waals surface area contributed by atoms with E-state index in [0.29, 0.717) is 29.0 Å². The van der Waals surface area contributed by atoms with Gasteiger partial charge in [-0.3, -0.25) is 38.4 Å². The van der Waals surface area contributed by atoms with Crippen molar-refractivity contribution in [2.45, 2.75) is 119 Å². The number of phenols is 1. The summed E-state index contributed by atoms with van der Waals surface area (Å²) in [6.45, 7) is 3.69. The number of phenolic OH excluding ortho intramolecular Hbond substituents is 1. The average Bonchev–Trinajstić information content (AvgIpc) is 4.08. The Hall–Kier alpha value is -6.13. The van der Waals surface area contributed by atoms with Crippen LogP contribution < -0.4 is 43.4 Å². The molecular weight excluding hydrogens is 941 g/mol. The third kappa shape index (κ3) is 15.2. The lowest BCUT2D eigenvalue weighted by Crippen LogP contribution is -2.68. The fourth-order valence-corrected chi connectivity index (χ4v) is 10.9. The van der Waals surface area contributed by atoms with Gasteiger partial charge in [0, 0.05) is 35.9 Å². The lowest BCUT2D eigenvalue weighted by Gasteiger charge is -2.42. The van der Waals surface area contributed by atoms with Gasteiger partial charge in [0.1, 0.15) is 41.5 Å². The number of aliphatic carboxylic acids is 1. The van der Waals surface area contributed by atoms with E-state index in [1.165, 1.54) is 36.4 Å². The van der Waals surface area contributed by atoms with Gasteiger partial charge >= 0.3 is 5.97 Å². The van der Waals surface area contributed by atoms with Gasteiger partial charge < -0.3 is 58.6 Å². The van der Waals surface area contributed by atoms with Crippen LogP contribution in [0.1, 0.15) is 69.2 Å². The zero-order valence-electron chi connectivity index (χ0n) is 39.8. The third-order valence-electron chi connectivity index (χ3n) is 12.8. The molecule has 0 radical (unpaired) electrons. The highest BCUT2D eigenvalue weighted by Crippen LogP contribution is 2.54. The van der Waals surface area contributed by atoms with Crippen molar-refractivity contribution in [3.8, 4) is 5.75 Å². The van der Waals surface area contributed by atoms with Gasteiger partial charge in [-0.05, 0) is 91.9 Å². The summed E-state index contributed by atoms with van der Waals surface area (Å²) in [6, 6.07) is 7.60. The quantitative estimate of drug-likeness (QED) is 0.0501. The molecule has 1 aromatic heterocycles. The van der Waals surface area contributed by atoms with Crippen LogP contribution in [0.15, 0.2) is 67.1 Å². The van der Waals surface area contributed by atoms with Crippen molar-refractivity contribution < 1.29 is 48.6 Å². The Kier molecular flexibility index (Phi) is 20.1. The lowest BCUT2D eigenvalue weighted by atomic mass is 9.79. The number of carbonyl (C=O) groups excluding carboxylic acids is 7. The predicted molar refractivity (Wildman–Crippen MR) is 265 cm³/mol. The fraction of sp³-hybridized carbons (Fsp3) is 0.521. The molecule has 1 heterocycles. The van der Waals surface area contributed by atoms with Crippen LogP contribution in [0.25, 0.3) is 0 Å². The maximum absolute atomic E-state index is 14.6. The standard InChI is InChI=1S/C48H66N10O10S2/c1-26(2)16-36(46(67)58-48(23-29-17-32(48)39(20-29)70-4)47(68)57-35(41(50)62)22-40(60)61)54-45(66)38(21-30-24-51-25-52-30)56-44(65)37(19-27-8-6-5-7-9-27)55-43(64)34(14-15-69-3)53-42(63)33(49)18-28-10-12-31(59)13-11-28/h5-13,24-26,29,32-39,59H,14-23,49H2,1-4H3,(H2,50,62)(H,51,52)(H,53,63)(H,54,66)(H,55,64)(H,56,65)(H,57,68)(H,58,67)(H,60,61)/t29-,32+,33+,34-,35+,36+,37+,38+,39+,48+/m1/s1. The molecule has 13 N–H and O–H groups in total. The first-order chi connectivity index (χ1) is 33.3. The maximum atomic E-state index is 14.6. The fourth-order valence-electron chi connectivity index (χ4n) is 9.27. The number of aromatic nitrogens is 2. The normalized spacial score (nSPS) is 20.7. The highest BCUT2D eigenvalue weighted by Gasteiger charge is 2.61. The number of thioether (sulfide) groups is 2. The van der Waals surface area contributed by atoms with Crippen molar-refractivity contribution >= 4 is 70.8 Å². The van der Waals surface area contributed by atoms with Crippen molar-refractivity contribution in [2.24, 2.45) is 29.2 Å². The van der Waals surface area contributed by atoms with Crippen molar-refractivity contribution in [3.63, 3.8) is 0 Å². The van der Waals surface area contributed by atoms with Crippen LogP contribution in [-0.4, -0.2) is 133 Å². The molecular formula is C48H66N10O10S2. The van der Waals surface area contributed by atoms with Crippen LogP contribution in [0.2, 0.25) is 0 Å². The Bertz CT molecular complexity index is 2290. The SMILES string of the molecule is CSCC[C@@H](NC(=O)[C@@H](N)Cc1ccc(O)cc1)C(=O)N[C@@H](Cc1ccccc1)C(=O)N[C@@H](Cc1cnc[nH]1)C(=O)N[C@@H](CC(C)C)C(=O)N[C@@]1(C(=O)N[C@@H](CC(=O)O)C(N)=O)C[C@H]2C[C@H](SC)[C@@H]1C2. The van der Waals surface area contributed by atoms with E-state index in [0.717, 1.165) is 6.42 Å². The number of amides is 7. The topological polar surface area (TPSA) is 330 Å². The van der Waals surface area contributed by atoms with Crippen LogP contribution >= 0.6 is 23.5 Å². The number of H-pyrrole nitrogens is 1. The van der Waals surface area contributed by atoms with E-state index in [1.807, 2.05) is 26.4 Å². The number of hydrogen-bond acceptors (Lipinski definition) is 13. The molecule has 20 nitrogen and oxygen atoms in total. The Morgan fingerprint density at radius 2 is 1.39 bits per heavy atom. The molecule has 2 aliphatic rings. The van der Waals surface area contributed by atoms with Crippen LogP contribution in [0, 0.1) is 17.8 Å². The first kappa shape index (κ1) is 54.8. The second kappa shape index (κ2) is 25.6. The largest absolute Gasteiger partial charge is 0.508 e. The number of benzene rings is 2. The second-order valence-electron chi connectivity index (χ2n) is 18.5. The zero-order valence-corrected chi connectivity index (χ0v) is 41.4. The summed E-state index contributed by atoms with van der Waals surface area (Å²) in [7, 11) is 0. The first-order valence-electron chi connectivity index (χ1n) is 23.2. The van der Waals surface area contributed by atoms with Crippen molar-refractivity contribution in [1.82, 2.24) is 41.9 Å². The molecule has 2 bridgehead atoms. The van der Waals surface area contributed by atoms with Gasteiger partial charge in [0.15, 0.2) is 0 Å². The van der Waals surface area contributed by atoms with E-state index in [-0.39, 0.29) is 67.3 Å². The molecule has 0 spiro atoms. The minimum atomic E-state index is -1.56. The highest BCUT2D eigenvalue weighted by atomic mass is 32.2. The number of rotatable bonds is 27. The molecule has 2 aromatic carbocycles. The monoisotopic (exact) mass is 1010 g/mol. The average molecular weight is 1010 g/mol. The van der Waals surface area contributed by atoms with Crippen molar-refractivity contribution in [1.29, 1.82) is 0 Å². The Morgan fingerprint density at radius 3 is 1.96 bits per heavy atom. The molecule has 2 saturated carbocycles. The molecule has 5 rings (SSSR count). The molecule has 0 aliphatic heterocycles. The summed E-state index contributed by atoms with van der Waals surface area (Å²) in [5, 5.41) is 35.7. The van der Waals surface area contributed by atoms with Crippen molar-refractivity contribution in [2.75, 3.05) is 18.3 Å². The number of primary amides is 1. The molecule has 7 amide bonds. The Morgan fingerprint density at radius 1 is 0.771 bits per heavy atom. The summed E-state index contributed by atoms with van der Waals surface area (Å²) in [5.41, 5.74) is 12.0. The van der Waals surface area contributed by atoms with E-state index in [1.54, 1.807) is 54.2 Å². The predicted octanol–water partition coefficient (Wildman–Crippen LogP) is 0.670. The van der Waals surface area contributed by atoms with Gasteiger partial charge in [0.25, 0.3) is 0 Å². The van der Waals surface area contributed by atoms with E-state index >= 15 is 0 Å². The van der Waals surface area contributed by atoms with Gasteiger partial charge in [-0.2, -0.15) is 23.5 Å². The number of carboxylic acids is 1. The summed E-state index contributed by atoms with van der Waals surface area (Å²) in [6.07, 6.45) is 7.78. The summed E-state index contributed by atoms with van der Waals surface area (Å²) in [4.78, 5) is 116. The Balaban J connectivity index is 1.39. The van der Waals surface area contributed by atoms with Gasteiger partial charge in [-0.15, -0.1) is 0 Å². The minimum absolute atomic E-state index is 0.00876. The molecule has 380 valence electrons. The van der Waals surface area contributed by atoms with Gasteiger partial charge in [0.05, 0.1) is 18.8 Å². The minimum Gasteiger partial charge on any atom is -0.508 e. The molecule has 2 aliphatic carbocycles. The van der Waals surface area contributed by atoms with Crippen LogP contribution in [-0.2, 0) is 57.6 Å². The molecule has 22 heteroatoms. The maximum Gasteiger partial charge on any atom is 0.305 e. The number of fused-ring (bicyclic) bond motifs is 2. The number of nitrogens with one attached hydrogen (secondary N) is 7. The molecule has 2 fully saturated rings. The molecule has 0 unspecified atom stereocenters. The van der Waals surface area contributed by atoms with Crippen LogP contribution in [0.4, 0.5) is 0 Å². The third-order valence-corrected chi connectivity index (χ3v) is 14.5. The zero-order chi connectivity index (χ0) is 51.1. The number of nitrogens with zero attached hydrogens (tertiary/aromatic N) is 1. The number of carbonyl (C=O) groups is 8. The Labute approximate surface area is 415 Å². The highest BCUT2D eigenvalue weighted by molar-refractivity contribution is 7.99. The van der Waals surface area contributed by atoms with Crippen molar-refractivity contribution in [3.05, 3.63) is 83.9 Å². The number of aromatic amines is 1. The van der Waals surface area contributed by atoms with Gasteiger partial charge in [-0.25, -0.2) is 4.98 Å². The molecule has 0 saturated heterocycles. The summed E-state index contributed by atoms with van der Waals surface area (Å²) in [5.74, 6) is -6.57. The number of imidazole rings is 1. The lowest BCUT2D eigenvalue weighted by molar-refractivity contribution is -0.142. The molecule has 10 atom stereocenters. The first-order valence-corrected chi connectivity index (χ1v) is 25.9. The van der Waals surface area contributed by atoms with E-state index in [2.05, 4.69) is 41.9 Å². The molecule has 70 heavy (non-hydrogen) atoms. The second-order valence-corrected chi connectivity index (χ2v) is 20.6. The number of hydrogen-bond donors (Lipinski definition) is 11. The van der Waals surface area contributed by atoms with Gasteiger partial charge in [-0.1, -0.05) is 56.3 Å². The van der Waals surface area contributed by atoms with Crippen LogP contribution in [0.5, 0.6) is 5.75 Å². The molecule has 3 aromatic rings. The summed E-state index contributed by atoms with van der Waals surface area (Å²) < 4.78 is 0.